The van der Waals surface area contributed by atoms with E-state index in [1.165, 1.54) is 25.1 Å². The lowest BCUT2D eigenvalue weighted by molar-refractivity contribution is -0.118. The van der Waals surface area contributed by atoms with Crippen molar-refractivity contribution in [1.29, 1.82) is 0 Å². The van der Waals surface area contributed by atoms with Gasteiger partial charge in [-0.25, -0.2) is 13.1 Å². The number of primary amides is 1. The number of nitrogens with two attached hydrogens (primary N) is 2. The van der Waals surface area contributed by atoms with Crippen LogP contribution in [0.25, 0.3) is 0 Å². The van der Waals surface area contributed by atoms with Gasteiger partial charge in [0.05, 0.1) is 5.69 Å². The number of carbonyl (C=O) groups excluding carboxylic acids is 2. The smallest absolute Gasteiger partial charge is 0.248 e. The Morgan fingerprint density at radius 3 is 2.40 bits per heavy atom. The summed E-state index contributed by atoms with van der Waals surface area (Å²) in [5, 5.41) is 2.45. The van der Waals surface area contributed by atoms with E-state index in [4.69, 9.17) is 11.5 Å². The predicted octanol–water partition coefficient (Wildman–Crippen LogP) is -1.22. The Morgan fingerprint density at radius 2 is 1.90 bits per heavy atom. The minimum Gasteiger partial charge on any atom is -0.398 e. The molecule has 0 heterocycles. The molecule has 110 valence electrons. The van der Waals surface area contributed by atoms with E-state index < -0.39 is 15.9 Å². The van der Waals surface area contributed by atoms with Crippen molar-refractivity contribution in [1.82, 2.24) is 10.0 Å². The molecule has 0 atom stereocenters. The molecule has 0 aliphatic heterocycles. The van der Waals surface area contributed by atoms with Gasteiger partial charge in [0.2, 0.25) is 21.8 Å². The molecule has 0 aliphatic carbocycles. The Kier molecular flexibility index (Phi) is 5.06. The van der Waals surface area contributed by atoms with E-state index in [1.807, 2.05) is 0 Å². The molecule has 0 fully saturated rings. The topological polar surface area (TPSA) is 144 Å². The van der Waals surface area contributed by atoms with Crippen LogP contribution in [-0.2, 0) is 14.8 Å². The third-order valence-electron chi connectivity index (χ3n) is 2.37. The maximum atomic E-state index is 12.0. The minimum absolute atomic E-state index is 0.0267. The highest BCUT2D eigenvalue weighted by Gasteiger charge is 2.17. The summed E-state index contributed by atoms with van der Waals surface area (Å²) in [6.07, 6.45) is 0. The highest BCUT2D eigenvalue weighted by atomic mass is 32.2. The first-order valence-electron chi connectivity index (χ1n) is 5.67. The van der Waals surface area contributed by atoms with Crippen LogP contribution in [0.2, 0.25) is 0 Å². The van der Waals surface area contributed by atoms with E-state index in [9.17, 15) is 18.0 Å². The summed E-state index contributed by atoms with van der Waals surface area (Å²) >= 11 is 0. The molecule has 2 amide bonds. The predicted molar refractivity (Wildman–Crippen MR) is 73.2 cm³/mol. The number of hydrogen-bond donors (Lipinski definition) is 4. The summed E-state index contributed by atoms with van der Waals surface area (Å²) in [4.78, 5) is 21.4. The van der Waals surface area contributed by atoms with E-state index >= 15 is 0 Å². The van der Waals surface area contributed by atoms with Crippen molar-refractivity contribution < 1.29 is 18.0 Å². The molecule has 8 nitrogen and oxygen atoms in total. The van der Waals surface area contributed by atoms with Crippen LogP contribution in [-0.4, -0.2) is 33.3 Å². The summed E-state index contributed by atoms with van der Waals surface area (Å²) in [5.41, 5.74) is 10.7. The lowest BCUT2D eigenvalue weighted by atomic mass is 10.2. The summed E-state index contributed by atoms with van der Waals surface area (Å²) in [6, 6.07) is 3.68. The van der Waals surface area contributed by atoms with Crippen molar-refractivity contribution in [2.24, 2.45) is 5.73 Å². The molecule has 1 aromatic rings. The van der Waals surface area contributed by atoms with Crippen LogP contribution >= 0.6 is 0 Å². The van der Waals surface area contributed by atoms with Crippen molar-refractivity contribution in [3.8, 4) is 0 Å². The van der Waals surface area contributed by atoms with Gasteiger partial charge in [-0.15, -0.1) is 0 Å². The highest BCUT2D eigenvalue weighted by molar-refractivity contribution is 7.89. The molecule has 0 bridgehead atoms. The summed E-state index contributed by atoms with van der Waals surface area (Å²) in [5.74, 6) is -0.950. The first-order chi connectivity index (χ1) is 9.24. The molecule has 1 aromatic carbocycles. The SMILES string of the molecule is CC(=O)NCCNS(=O)(=O)c1ccc(C(N)=O)cc1N. The first kappa shape index (κ1) is 15.9. The molecule has 6 N–H and O–H groups in total. The van der Waals surface area contributed by atoms with E-state index in [-0.39, 0.29) is 35.1 Å². The van der Waals surface area contributed by atoms with E-state index in [2.05, 4.69) is 10.0 Å². The Balaban J connectivity index is 2.82. The number of rotatable bonds is 6. The Labute approximate surface area is 116 Å². The molecule has 0 aliphatic rings. The van der Waals surface area contributed by atoms with Gasteiger partial charge in [0.1, 0.15) is 4.90 Å². The third-order valence-corrected chi connectivity index (χ3v) is 3.91. The van der Waals surface area contributed by atoms with Crippen LogP contribution in [0.4, 0.5) is 5.69 Å². The van der Waals surface area contributed by atoms with Gasteiger partial charge < -0.3 is 16.8 Å². The largest absolute Gasteiger partial charge is 0.398 e. The monoisotopic (exact) mass is 300 g/mol. The van der Waals surface area contributed by atoms with Crippen LogP contribution in [0.1, 0.15) is 17.3 Å². The van der Waals surface area contributed by atoms with Crippen molar-refractivity contribution in [3.05, 3.63) is 23.8 Å². The van der Waals surface area contributed by atoms with Gasteiger partial charge in [-0.1, -0.05) is 0 Å². The number of sulfonamides is 1. The molecule has 0 spiro atoms. The minimum atomic E-state index is -3.81. The highest BCUT2D eigenvalue weighted by Crippen LogP contribution is 2.19. The van der Waals surface area contributed by atoms with Crippen LogP contribution in [0.15, 0.2) is 23.1 Å². The molecular weight excluding hydrogens is 284 g/mol. The molecule has 9 heteroatoms. The fourth-order valence-electron chi connectivity index (χ4n) is 1.45. The Bertz CT molecular complexity index is 627. The van der Waals surface area contributed by atoms with Gasteiger partial charge in [-0.3, -0.25) is 9.59 Å². The number of nitrogen functional groups attached to an aromatic ring is 1. The zero-order valence-corrected chi connectivity index (χ0v) is 11.7. The zero-order valence-electron chi connectivity index (χ0n) is 10.8. The van der Waals surface area contributed by atoms with E-state index in [0.717, 1.165) is 0 Å². The Morgan fingerprint density at radius 1 is 1.25 bits per heavy atom. The fourth-order valence-corrected chi connectivity index (χ4v) is 2.59. The van der Waals surface area contributed by atoms with Crippen LogP contribution in [0.3, 0.4) is 0 Å². The van der Waals surface area contributed by atoms with Crippen molar-refractivity contribution in [2.75, 3.05) is 18.8 Å². The van der Waals surface area contributed by atoms with Gasteiger partial charge in [0.25, 0.3) is 0 Å². The lowest BCUT2D eigenvalue weighted by Crippen LogP contribution is -2.34. The van der Waals surface area contributed by atoms with Crippen LogP contribution in [0, 0.1) is 0 Å². The first-order valence-corrected chi connectivity index (χ1v) is 7.16. The summed E-state index contributed by atoms with van der Waals surface area (Å²) in [7, 11) is -3.81. The normalized spacial score (nSPS) is 11.1. The van der Waals surface area contributed by atoms with Gasteiger partial charge >= 0.3 is 0 Å². The summed E-state index contributed by atoms with van der Waals surface area (Å²) < 4.78 is 26.2. The van der Waals surface area contributed by atoms with Crippen molar-refractivity contribution >= 4 is 27.5 Å². The van der Waals surface area contributed by atoms with E-state index in [0.29, 0.717) is 0 Å². The molecule has 1 rings (SSSR count). The second-order valence-electron chi connectivity index (χ2n) is 4.00. The van der Waals surface area contributed by atoms with Gasteiger partial charge in [0.15, 0.2) is 0 Å². The van der Waals surface area contributed by atoms with Gasteiger partial charge in [0, 0.05) is 25.6 Å². The third kappa shape index (κ3) is 4.21. The second kappa shape index (κ2) is 6.35. The van der Waals surface area contributed by atoms with E-state index in [1.54, 1.807) is 0 Å². The maximum Gasteiger partial charge on any atom is 0.248 e. The average molecular weight is 300 g/mol. The van der Waals surface area contributed by atoms with Crippen molar-refractivity contribution in [2.45, 2.75) is 11.8 Å². The molecule has 0 saturated heterocycles. The zero-order chi connectivity index (χ0) is 15.3. The number of anilines is 1. The number of carbonyl (C=O) groups is 2. The maximum absolute atomic E-state index is 12.0. The molecule has 20 heavy (non-hydrogen) atoms. The van der Waals surface area contributed by atoms with Gasteiger partial charge in [-0.2, -0.15) is 0 Å². The van der Waals surface area contributed by atoms with Crippen LogP contribution < -0.4 is 21.5 Å². The molecule has 0 radical (unpaired) electrons. The number of benzene rings is 1. The Hall–Kier alpha value is -2.13. The van der Waals surface area contributed by atoms with Crippen molar-refractivity contribution in [3.63, 3.8) is 0 Å². The molecule has 0 saturated carbocycles. The lowest BCUT2D eigenvalue weighted by Gasteiger charge is -2.10. The molecular formula is C11H16N4O4S. The quantitative estimate of drug-likeness (QED) is 0.384. The van der Waals surface area contributed by atoms with Gasteiger partial charge in [-0.05, 0) is 18.2 Å². The fraction of sp³-hybridized carbons (Fsp3) is 0.273. The average Bonchev–Trinajstić information content (AvgIpc) is 2.34. The standard InChI is InChI=1S/C11H16N4O4S/c1-7(16)14-4-5-15-20(18,19)10-3-2-8(11(13)17)6-9(10)12/h2-3,6,15H,4-5,12H2,1H3,(H2,13,17)(H,14,16). The molecule has 0 unspecified atom stereocenters. The number of hydrogen-bond acceptors (Lipinski definition) is 5. The summed E-state index contributed by atoms with van der Waals surface area (Å²) in [6.45, 7) is 1.52. The molecule has 0 aromatic heterocycles. The number of nitrogens with one attached hydrogen (secondary N) is 2. The number of amides is 2. The van der Waals surface area contributed by atoms with Crippen LogP contribution in [0.5, 0.6) is 0 Å². The second-order valence-corrected chi connectivity index (χ2v) is 5.73.